The van der Waals surface area contributed by atoms with Gasteiger partial charge in [-0.25, -0.2) is 0 Å². The number of carbonyl (C=O) groups is 1. The quantitative estimate of drug-likeness (QED) is 0.545. The Morgan fingerprint density at radius 1 is 1.19 bits per heavy atom. The number of nitrogens with zero attached hydrogens (tertiary/aromatic N) is 2. The van der Waals surface area contributed by atoms with Crippen LogP contribution in [0.5, 0.6) is 0 Å². The Morgan fingerprint density at radius 2 is 1.96 bits per heavy atom. The number of anilines is 1. The lowest BCUT2D eigenvalue weighted by Gasteiger charge is -2.10. The van der Waals surface area contributed by atoms with Crippen LogP contribution in [-0.4, -0.2) is 15.4 Å². The van der Waals surface area contributed by atoms with Gasteiger partial charge in [-0.05, 0) is 23.8 Å². The molecule has 9 heteroatoms. The number of carbonyl (C=O) groups excluding carboxylic acids is 1. The highest BCUT2D eigenvalue weighted by Crippen LogP contribution is 2.18. The van der Waals surface area contributed by atoms with Gasteiger partial charge in [0.15, 0.2) is 5.76 Å². The summed E-state index contributed by atoms with van der Waals surface area (Å²) in [7, 11) is 0. The fourth-order valence-electron chi connectivity index (χ4n) is 2.28. The minimum atomic E-state index is -0.736. The molecule has 0 bridgehead atoms. The largest absolute Gasteiger partial charge is 0.433 e. The Bertz CT molecular complexity index is 1040. The first-order valence-electron chi connectivity index (χ1n) is 7.43. The van der Waals surface area contributed by atoms with Crippen LogP contribution in [0, 0.1) is 10.1 Å². The summed E-state index contributed by atoms with van der Waals surface area (Å²) in [5.74, 6) is -1.40. The van der Waals surface area contributed by atoms with Crippen molar-refractivity contribution in [3.05, 3.63) is 91.5 Å². The van der Waals surface area contributed by atoms with Crippen LogP contribution in [0.1, 0.15) is 16.1 Å². The monoisotopic (exact) mass is 373 g/mol. The third-order valence-electron chi connectivity index (χ3n) is 3.54. The van der Waals surface area contributed by atoms with Crippen LogP contribution in [0.3, 0.4) is 0 Å². The summed E-state index contributed by atoms with van der Waals surface area (Å²) in [5, 5.41) is 13.7. The number of halogens is 1. The molecule has 1 aromatic carbocycles. The highest BCUT2D eigenvalue weighted by molar-refractivity contribution is 6.31. The first-order chi connectivity index (χ1) is 12.4. The summed E-state index contributed by atoms with van der Waals surface area (Å²) in [4.78, 5) is 34.0. The van der Waals surface area contributed by atoms with Crippen molar-refractivity contribution in [3.63, 3.8) is 0 Å². The molecular formula is C17H12ClN3O5. The Labute approximate surface area is 151 Å². The number of aromatic nitrogens is 1. The highest BCUT2D eigenvalue weighted by atomic mass is 35.5. The zero-order valence-electron chi connectivity index (χ0n) is 13.2. The summed E-state index contributed by atoms with van der Waals surface area (Å²) >= 11 is 6.11. The standard InChI is InChI=1S/C17H12ClN3O5/c18-13-4-2-1-3-11(13)9-20-10-12(5-7-15(20)22)19-17(23)14-6-8-16(26-14)21(24)25/h1-8,10H,9H2,(H,19,23). The molecule has 2 aromatic heterocycles. The second kappa shape index (κ2) is 7.24. The van der Waals surface area contributed by atoms with Crippen LogP contribution in [0.4, 0.5) is 11.6 Å². The van der Waals surface area contributed by atoms with Gasteiger partial charge in [0.05, 0.1) is 18.3 Å². The van der Waals surface area contributed by atoms with Crippen LogP contribution in [0.15, 0.2) is 63.9 Å². The van der Waals surface area contributed by atoms with E-state index in [0.717, 1.165) is 11.6 Å². The summed E-state index contributed by atoms with van der Waals surface area (Å²) < 4.78 is 6.24. The molecule has 0 spiro atoms. The first kappa shape index (κ1) is 17.4. The molecule has 0 radical (unpaired) electrons. The van der Waals surface area contributed by atoms with Crippen LogP contribution >= 0.6 is 11.6 Å². The Kier molecular flexibility index (Phi) is 4.85. The maximum atomic E-state index is 12.1. The van der Waals surface area contributed by atoms with Gasteiger partial charge in [0.2, 0.25) is 0 Å². The number of nitrogens with one attached hydrogen (secondary N) is 1. The molecular weight excluding hydrogens is 362 g/mol. The Hall–Kier alpha value is -3.39. The van der Waals surface area contributed by atoms with Crippen molar-refractivity contribution < 1.29 is 14.1 Å². The number of pyridine rings is 1. The zero-order chi connectivity index (χ0) is 18.7. The van der Waals surface area contributed by atoms with Crippen LogP contribution < -0.4 is 10.9 Å². The number of rotatable bonds is 5. The van der Waals surface area contributed by atoms with Crippen molar-refractivity contribution in [1.82, 2.24) is 4.57 Å². The van der Waals surface area contributed by atoms with E-state index in [-0.39, 0.29) is 17.9 Å². The molecule has 0 unspecified atom stereocenters. The van der Waals surface area contributed by atoms with Gasteiger partial charge >= 0.3 is 5.88 Å². The fourth-order valence-corrected chi connectivity index (χ4v) is 2.48. The van der Waals surface area contributed by atoms with Crippen molar-refractivity contribution >= 4 is 29.1 Å². The number of benzene rings is 1. The smallest absolute Gasteiger partial charge is 0.395 e. The number of nitro groups is 1. The average Bonchev–Trinajstić information content (AvgIpc) is 3.10. The lowest BCUT2D eigenvalue weighted by molar-refractivity contribution is -0.402. The maximum Gasteiger partial charge on any atom is 0.433 e. The normalized spacial score (nSPS) is 10.5. The molecule has 0 aliphatic rings. The fraction of sp³-hybridized carbons (Fsp3) is 0.0588. The van der Waals surface area contributed by atoms with Gasteiger partial charge in [0, 0.05) is 17.3 Å². The van der Waals surface area contributed by atoms with E-state index in [1.807, 2.05) is 6.07 Å². The van der Waals surface area contributed by atoms with Crippen LogP contribution in [0.25, 0.3) is 0 Å². The van der Waals surface area contributed by atoms with Crippen LogP contribution in [0.2, 0.25) is 5.02 Å². The maximum absolute atomic E-state index is 12.1. The minimum absolute atomic E-state index is 0.208. The molecule has 1 amide bonds. The van der Waals surface area contributed by atoms with Crippen molar-refractivity contribution in [2.75, 3.05) is 5.32 Å². The average molecular weight is 374 g/mol. The Morgan fingerprint density at radius 3 is 2.65 bits per heavy atom. The van der Waals surface area contributed by atoms with E-state index in [1.54, 1.807) is 18.2 Å². The molecule has 2 heterocycles. The van der Waals surface area contributed by atoms with Crippen LogP contribution in [-0.2, 0) is 6.54 Å². The predicted octanol–water partition coefficient (Wildman–Crippen LogP) is 3.30. The SMILES string of the molecule is O=C(Nc1ccc(=O)n(Cc2ccccc2Cl)c1)c1ccc([N+](=O)[O-])o1. The lowest BCUT2D eigenvalue weighted by atomic mass is 10.2. The van der Waals surface area contributed by atoms with Crippen molar-refractivity contribution in [1.29, 1.82) is 0 Å². The van der Waals surface area contributed by atoms with E-state index in [9.17, 15) is 19.7 Å². The van der Waals surface area contributed by atoms with Gasteiger partial charge in [-0.1, -0.05) is 29.8 Å². The molecule has 0 saturated heterocycles. The number of hydrogen-bond acceptors (Lipinski definition) is 5. The molecule has 132 valence electrons. The topological polar surface area (TPSA) is 107 Å². The lowest BCUT2D eigenvalue weighted by Crippen LogP contribution is -2.21. The summed E-state index contributed by atoms with van der Waals surface area (Å²) in [6.07, 6.45) is 1.46. The van der Waals surface area contributed by atoms with E-state index in [1.165, 1.54) is 29.0 Å². The summed E-state index contributed by atoms with van der Waals surface area (Å²) in [6.45, 7) is 0.231. The van der Waals surface area contributed by atoms with E-state index >= 15 is 0 Å². The second-order valence-corrected chi connectivity index (χ2v) is 5.73. The Balaban J connectivity index is 1.80. The molecule has 0 saturated carbocycles. The number of hydrogen-bond donors (Lipinski definition) is 1. The van der Waals surface area contributed by atoms with Crippen molar-refractivity contribution in [2.45, 2.75) is 6.54 Å². The molecule has 8 nitrogen and oxygen atoms in total. The highest BCUT2D eigenvalue weighted by Gasteiger charge is 2.17. The van der Waals surface area contributed by atoms with E-state index in [0.29, 0.717) is 10.7 Å². The molecule has 0 atom stereocenters. The van der Waals surface area contributed by atoms with Crippen molar-refractivity contribution in [3.8, 4) is 0 Å². The molecule has 0 aliphatic heterocycles. The molecule has 0 aliphatic carbocycles. The van der Waals surface area contributed by atoms with Gasteiger partial charge in [-0.2, -0.15) is 0 Å². The van der Waals surface area contributed by atoms with E-state index in [2.05, 4.69) is 5.32 Å². The van der Waals surface area contributed by atoms with Gasteiger partial charge < -0.3 is 14.3 Å². The zero-order valence-corrected chi connectivity index (χ0v) is 14.0. The molecule has 3 aromatic rings. The summed E-state index contributed by atoms with van der Waals surface area (Å²) in [5.41, 5.74) is 0.818. The van der Waals surface area contributed by atoms with Crippen molar-refractivity contribution in [2.24, 2.45) is 0 Å². The predicted molar refractivity (Wildman–Crippen MR) is 94.6 cm³/mol. The third-order valence-corrected chi connectivity index (χ3v) is 3.90. The van der Waals surface area contributed by atoms with Gasteiger partial charge in [-0.15, -0.1) is 0 Å². The first-order valence-corrected chi connectivity index (χ1v) is 7.81. The molecule has 1 N–H and O–H groups in total. The molecule has 0 fully saturated rings. The molecule has 3 rings (SSSR count). The number of furan rings is 1. The second-order valence-electron chi connectivity index (χ2n) is 5.32. The minimum Gasteiger partial charge on any atom is -0.395 e. The molecule has 26 heavy (non-hydrogen) atoms. The van der Waals surface area contributed by atoms with Gasteiger partial charge in [0.25, 0.3) is 11.5 Å². The summed E-state index contributed by atoms with van der Waals surface area (Å²) in [6, 6.07) is 12.1. The van der Waals surface area contributed by atoms with Gasteiger partial charge in [-0.3, -0.25) is 19.7 Å². The number of amides is 1. The van der Waals surface area contributed by atoms with E-state index < -0.39 is 16.7 Å². The van der Waals surface area contributed by atoms with E-state index in [4.69, 9.17) is 16.0 Å². The third kappa shape index (κ3) is 3.81. The van der Waals surface area contributed by atoms with Gasteiger partial charge in [0.1, 0.15) is 4.92 Å².